The average molecular weight is 173 g/mol. The van der Waals surface area contributed by atoms with Crippen LogP contribution in [0, 0.1) is 0 Å². The summed E-state index contributed by atoms with van der Waals surface area (Å²) in [6.45, 7) is 4.92. The van der Waals surface area contributed by atoms with Gasteiger partial charge in [0.15, 0.2) is 0 Å². The topological polar surface area (TPSA) is 32.5 Å². The molecule has 2 aliphatic heterocycles. The third-order valence-electron chi connectivity index (χ3n) is 2.63. The molecule has 0 saturated carbocycles. The van der Waals surface area contributed by atoms with Crippen molar-refractivity contribution in [3.63, 3.8) is 0 Å². The van der Waals surface area contributed by atoms with Crippen LogP contribution in [0.15, 0.2) is 0 Å². The second-order valence-corrected chi connectivity index (χ2v) is 4.53. The number of rotatable bonds is 2. The number of likely N-dealkylation sites (tertiary alicyclic amines) is 2. The lowest BCUT2D eigenvalue weighted by molar-refractivity contribution is 0.0180. The van der Waals surface area contributed by atoms with Gasteiger partial charge in [0.25, 0.3) is 0 Å². The molecule has 0 aromatic rings. The predicted octanol–water partition coefficient (Wildman–Crippen LogP) is -0.408. The minimum absolute atomic E-state index is 0.709. The highest BCUT2D eigenvalue weighted by molar-refractivity contribution is 7.97. The molecule has 4 heteroatoms. The summed E-state index contributed by atoms with van der Waals surface area (Å²) in [5, 5.41) is 6.17. The standard InChI is InChI=1S/C7H15N3S/c1-9-2-6(3-9)10-4-7(5-10)11-8/h6-7H,2-5,8H2,1H3. The van der Waals surface area contributed by atoms with Crippen molar-refractivity contribution in [3.8, 4) is 0 Å². The summed E-state index contributed by atoms with van der Waals surface area (Å²) in [5.74, 6) is 0. The molecule has 2 N–H and O–H groups in total. The van der Waals surface area contributed by atoms with Crippen LogP contribution < -0.4 is 5.14 Å². The molecule has 2 aliphatic rings. The Morgan fingerprint density at radius 3 is 2.36 bits per heavy atom. The molecule has 0 aliphatic carbocycles. The van der Waals surface area contributed by atoms with Crippen LogP contribution in [-0.2, 0) is 0 Å². The minimum atomic E-state index is 0.709. The van der Waals surface area contributed by atoms with Gasteiger partial charge >= 0.3 is 0 Å². The fourth-order valence-electron chi connectivity index (χ4n) is 1.75. The first kappa shape index (κ1) is 7.86. The van der Waals surface area contributed by atoms with Gasteiger partial charge in [0.2, 0.25) is 0 Å². The van der Waals surface area contributed by atoms with Gasteiger partial charge in [0, 0.05) is 37.5 Å². The largest absolute Gasteiger partial charge is 0.303 e. The molecular weight excluding hydrogens is 158 g/mol. The summed E-state index contributed by atoms with van der Waals surface area (Å²) in [7, 11) is 2.17. The van der Waals surface area contributed by atoms with Crippen molar-refractivity contribution in [3.05, 3.63) is 0 Å². The van der Waals surface area contributed by atoms with Crippen LogP contribution in [0.25, 0.3) is 0 Å². The van der Waals surface area contributed by atoms with Gasteiger partial charge in [-0.2, -0.15) is 0 Å². The molecule has 0 aromatic carbocycles. The van der Waals surface area contributed by atoms with Crippen LogP contribution in [0.1, 0.15) is 0 Å². The summed E-state index contributed by atoms with van der Waals surface area (Å²) >= 11 is 1.51. The Morgan fingerprint density at radius 2 is 1.91 bits per heavy atom. The monoisotopic (exact) mass is 173 g/mol. The number of hydrogen-bond donors (Lipinski definition) is 1. The molecule has 0 unspecified atom stereocenters. The van der Waals surface area contributed by atoms with Gasteiger partial charge in [-0.15, -0.1) is 0 Å². The normalized spacial score (nSPS) is 30.0. The van der Waals surface area contributed by atoms with E-state index >= 15 is 0 Å². The third-order valence-corrected chi connectivity index (χ3v) is 3.31. The van der Waals surface area contributed by atoms with Crippen LogP contribution in [-0.4, -0.2) is 54.3 Å². The van der Waals surface area contributed by atoms with E-state index < -0.39 is 0 Å². The molecule has 2 fully saturated rings. The van der Waals surface area contributed by atoms with E-state index in [0.29, 0.717) is 5.25 Å². The fraction of sp³-hybridized carbons (Fsp3) is 1.00. The summed E-state index contributed by atoms with van der Waals surface area (Å²) in [4.78, 5) is 4.89. The number of hydrogen-bond acceptors (Lipinski definition) is 4. The van der Waals surface area contributed by atoms with E-state index in [1.807, 2.05) is 0 Å². The number of nitrogens with zero attached hydrogens (tertiary/aromatic N) is 2. The smallest absolute Gasteiger partial charge is 0.0445 e. The lowest BCUT2D eigenvalue weighted by Gasteiger charge is -2.50. The minimum Gasteiger partial charge on any atom is -0.303 e. The van der Waals surface area contributed by atoms with Crippen molar-refractivity contribution in [1.82, 2.24) is 9.80 Å². The van der Waals surface area contributed by atoms with Gasteiger partial charge in [-0.25, -0.2) is 0 Å². The summed E-state index contributed by atoms with van der Waals surface area (Å²) in [5.41, 5.74) is 0. The van der Waals surface area contributed by atoms with E-state index in [1.54, 1.807) is 0 Å². The second-order valence-electron chi connectivity index (χ2n) is 3.59. The molecule has 2 saturated heterocycles. The molecular formula is C7H15N3S. The highest BCUT2D eigenvalue weighted by atomic mass is 32.2. The van der Waals surface area contributed by atoms with Crippen molar-refractivity contribution in [2.75, 3.05) is 33.2 Å². The van der Waals surface area contributed by atoms with Crippen molar-refractivity contribution in [1.29, 1.82) is 0 Å². The first-order valence-electron chi connectivity index (χ1n) is 4.07. The fourth-order valence-corrected chi connectivity index (χ4v) is 2.31. The van der Waals surface area contributed by atoms with Crippen molar-refractivity contribution in [2.24, 2.45) is 5.14 Å². The van der Waals surface area contributed by atoms with Crippen molar-refractivity contribution in [2.45, 2.75) is 11.3 Å². The molecule has 2 rings (SSSR count). The first-order chi connectivity index (χ1) is 5.29. The van der Waals surface area contributed by atoms with Gasteiger partial charge in [0.05, 0.1) is 0 Å². The van der Waals surface area contributed by atoms with E-state index in [2.05, 4.69) is 16.8 Å². The maximum atomic E-state index is 5.46. The zero-order chi connectivity index (χ0) is 7.84. The Bertz CT molecular complexity index is 141. The quantitative estimate of drug-likeness (QED) is 0.576. The highest BCUT2D eigenvalue weighted by Crippen LogP contribution is 2.24. The Labute approximate surface area is 72.0 Å². The zero-order valence-corrected chi connectivity index (χ0v) is 7.68. The maximum absolute atomic E-state index is 5.46. The van der Waals surface area contributed by atoms with Gasteiger partial charge in [-0.05, 0) is 7.05 Å². The Kier molecular flexibility index (Phi) is 2.10. The maximum Gasteiger partial charge on any atom is 0.0445 e. The van der Waals surface area contributed by atoms with E-state index in [-0.39, 0.29) is 0 Å². The molecule has 0 atom stereocenters. The average Bonchev–Trinajstić information content (AvgIpc) is 1.81. The van der Waals surface area contributed by atoms with E-state index in [0.717, 1.165) is 6.04 Å². The molecule has 0 radical (unpaired) electrons. The zero-order valence-electron chi connectivity index (χ0n) is 6.86. The first-order valence-corrected chi connectivity index (χ1v) is 5.02. The predicted molar refractivity (Wildman–Crippen MR) is 48.4 cm³/mol. The molecule has 11 heavy (non-hydrogen) atoms. The van der Waals surface area contributed by atoms with Gasteiger partial charge < -0.3 is 4.90 Å². The second kappa shape index (κ2) is 2.94. The highest BCUT2D eigenvalue weighted by Gasteiger charge is 2.36. The van der Waals surface area contributed by atoms with Crippen molar-refractivity contribution < 1.29 is 0 Å². The van der Waals surface area contributed by atoms with Crippen LogP contribution in [0.2, 0.25) is 0 Å². The van der Waals surface area contributed by atoms with Gasteiger partial charge in [-0.1, -0.05) is 11.9 Å². The summed E-state index contributed by atoms with van der Waals surface area (Å²) < 4.78 is 0. The lowest BCUT2D eigenvalue weighted by Crippen LogP contribution is -2.65. The van der Waals surface area contributed by atoms with Crippen LogP contribution >= 0.6 is 11.9 Å². The van der Waals surface area contributed by atoms with Crippen molar-refractivity contribution >= 4 is 11.9 Å². The lowest BCUT2D eigenvalue weighted by atomic mass is 10.0. The molecule has 0 aromatic heterocycles. The summed E-state index contributed by atoms with van der Waals surface area (Å²) in [6, 6.07) is 0.836. The Morgan fingerprint density at radius 1 is 1.27 bits per heavy atom. The SMILES string of the molecule is CN1CC(N2CC(SN)C2)C1. The molecule has 64 valence electrons. The van der Waals surface area contributed by atoms with Crippen LogP contribution in [0.4, 0.5) is 0 Å². The van der Waals surface area contributed by atoms with E-state index in [9.17, 15) is 0 Å². The Hall–Kier alpha value is 0.230. The molecule has 3 nitrogen and oxygen atoms in total. The molecule has 2 heterocycles. The van der Waals surface area contributed by atoms with Crippen LogP contribution in [0.5, 0.6) is 0 Å². The molecule has 0 amide bonds. The van der Waals surface area contributed by atoms with E-state index in [1.165, 1.54) is 38.1 Å². The van der Waals surface area contributed by atoms with E-state index in [4.69, 9.17) is 5.14 Å². The van der Waals surface area contributed by atoms with Gasteiger partial charge in [0.1, 0.15) is 0 Å². The van der Waals surface area contributed by atoms with Crippen LogP contribution in [0.3, 0.4) is 0 Å². The molecule has 0 bridgehead atoms. The third kappa shape index (κ3) is 1.40. The van der Waals surface area contributed by atoms with Gasteiger partial charge in [-0.3, -0.25) is 10.0 Å². The number of nitrogens with two attached hydrogens (primary N) is 1. The summed E-state index contributed by atoms with van der Waals surface area (Å²) in [6.07, 6.45) is 0. The number of likely N-dealkylation sites (N-methyl/N-ethyl adjacent to an activating group) is 1. The Balaban J connectivity index is 1.67. The molecule has 0 spiro atoms.